The highest BCUT2D eigenvalue weighted by molar-refractivity contribution is 6.31. The summed E-state index contributed by atoms with van der Waals surface area (Å²) in [6.45, 7) is 6.77. The molecule has 0 bridgehead atoms. The molecule has 124 valence electrons. The Kier molecular flexibility index (Phi) is 5.78. The summed E-state index contributed by atoms with van der Waals surface area (Å²) >= 11 is 6.34. The Labute approximate surface area is 146 Å². The van der Waals surface area contributed by atoms with Gasteiger partial charge in [0.05, 0.1) is 17.3 Å². The molecule has 1 N–H and O–H groups in total. The van der Waals surface area contributed by atoms with E-state index in [0.717, 1.165) is 17.8 Å². The van der Waals surface area contributed by atoms with E-state index >= 15 is 0 Å². The number of hydrogen-bond donors (Lipinski definition) is 1. The SMILES string of the molecule is Cc1nn(CC(C)C)c(Cl)c1/C=C/C(=O)Nc1ccc(C#N)cc1. The third kappa shape index (κ3) is 4.46. The number of rotatable bonds is 5. The number of nitrogens with one attached hydrogen (secondary N) is 1. The molecule has 0 aliphatic heterocycles. The molecule has 0 unspecified atom stereocenters. The molecular weight excluding hydrogens is 324 g/mol. The van der Waals surface area contributed by atoms with Crippen molar-refractivity contribution in [3.8, 4) is 6.07 Å². The van der Waals surface area contributed by atoms with E-state index in [-0.39, 0.29) is 5.91 Å². The van der Waals surface area contributed by atoms with Crippen LogP contribution < -0.4 is 5.32 Å². The Morgan fingerprint density at radius 1 is 1.42 bits per heavy atom. The van der Waals surface area contributed by atoms with Gasteiger partial charge in [0.25, 0.3) is 0 Å². The van der Waals surface area contributed by atoms with Crippen LogP contribution in [0.25, 0.3) is 6.08 Å². The summed E-state index contributed by atoms with van der Waals surface area (Å²) in [6.07, 6.45) is 3.09. The number of aryl methyl sites for hydroxylation is 1. The van der Waals surface area contributed by atoms with E-state index < -0.39 is 0 Å². The Bertz CT molecular complexity index is 798. The zero-order valence-electron chi connectivity index (χ0n) is 13.9. The van der Waals surface area contributed by atoms with Crippen LogP contribution in [-0.4, -0.2) is 15.7 Å². The van der Waals surface area contributed by atoms with Crippen molar-refractivity contribution in [2.75, 3.05) is 5.32 Å². The Morgan fingerprint density at radius 2 is 2.08 bits per heavy atom. The van der Waals surface area contributed by atoms with E-state index in [1.165, 1.54) is 6.08 Å². The minimum Gasteiger partial charge on any atom is -0.323 e. The molecule has 0 aliphatic carbocycles. The first-order valence-corrected chi connectivity index (χ1v) is 8.00. The van der Waals surface area contributed by atoms with Crippen molar-refractivity contribution in [1.29, 1.82) is 5.26 Å². The van der Waals surface area contributed by atoms with Crippen LogP contribution in [-0.2, 0) is 11.3 Å². The zero-order valence-corrected chi connectivity index (χ0v) is 14.6. The van der Waals surface area contributed by atoms with Crippen LogP contribution in [0.2, 0.25) is 5.15 Å². The average Bonchev–Trinajstić information content (AvgIpc) is 2.79. The quantitative estimate of drug-likeness (QED) is 0.834. The second-order valence-corrected chi connectivity index (χ2v) is 6.24. The number of amides is 1. The number of benzene rings is 1. The first kappa shape index (κ1) is 17.8. The normalized spacial score (nSPS) is 11.0. The smallest absolute Gasteiger partial charge is 0.248 e. The minimum absolute atomic E-state index is 0.271. The predicted octanol–water partition coefficient (Wildman–Crippen LogP) is 4.02. The van der Waals surface area contributed by atoms with E-state index in [2.05, 4.69) is 24.3 Å². The second kappa shape index (κ2) is 7.80. The predicted molar refractivity (Wildman–Crippen MR) is 95.6 cm³/mol. The third-order valence-electron chi connectivity index (χ3n) is 3.33. The average molecular weight is 343 g/mol. The maximum absolute atomic E-state index is 12.0. The molecule has 0 saturated heterocycles. The largest absolute Gasteiger partial charge is 0.323 e. The Hall–Kier alpha value is -2.58. The van der Waals surface area contributed by atoms with E-state index in [1.807, 2.05) is 13.0 Å². The molecule has 24 heavy (non-hydrogen) atoms. The summed E-state index contributed by atoms with van der Waals surface area (Å²) in [5.74, 6) is 0.157. The van der Waals surface area contributed by atoms with Gasteiger partial charge in [0.1, 0.15) is 5.15 Å². The number of carbonyl (C=O) groups excluding carboxylic acids is 1. The maximum atomic E-state index is 12.0. The molecule has 2 aromatic rings. The molecule has 0 spiro atoms. The van der Waals surface area contributed by atoms with E-state index in [4.69, 9.17) is 16.9 Å². The van der Waals surface area contributed by atoms with E-state index in [0.29, 0.717) is 22.3 Å². The van der Waals surface area contributed by atoms with Crippen LogP contribution in [0.15, 0.2) is 30.3 Å². The molecule has 1 aromatic heterocycles. The number of halogens is 1. The highest BCUT2D eigenvalue weighted by atomic mass is 35.5. The summed E-state index contributed by atoms with van der Waals surface area (Å²) in [4.78, 5) is 12.0. The third-order valence-corrected chi connectivity index (χ3v) is 3.73. The van der Waals surface area contributed by atoms with Gasteiger partial charge in [-0.05, 0) is 43.2 Å². The molecule has 0 atom stereocenters. The van der Waals surface area contributed by atoms with Crippen molar-refractivity contribution in [2.24, 2.45) is 5.92 Å². The molecule has 0 saturated carbocycles. The van der Waals surface area contributed by atoms with Crippen LogP contribution >= 0.6 is 11.6 Å². The Balaban J connectivity index is 2.08. The van der Waals surface area contributed by atoms with Crippen molar-refractivity contribution in [2.45, 2.75) is 27.3 Å². The van der Waals surface area contributed by atoms with E-state index in [9.17, 15) is 4.79 Å². The molecule has 2 rings (SSSR count). The van der Waals surface area contributed by atoms with Crippen molar-refractivity contribution < 1.29 is 4.79 Å². The van der Waals surface area contributed by atoms with Crippen molar-refractivity contribution in [1.82, 2.24) is 9.78 Å². The van der Waals surface area contributed by atoms with Crippen LogP contribution in [0.4, 0.5) is 5.69 Å². The lowest BCUT2D eigenvalue weighted by Crippen LogP contribution is -2.07. The van der Waals surface area contributed by atoms with Gasteiger partial charge in [0, 0.05) is 23.9 Å². The summed E-state index contributed by atoms with van der Waals surface area (Å²) in [5.41, 5.74) is 2.70. The monoisotopic (exact) mass is 342 g/mol. The number of hydrogen-bond acceptors (Lipinski definition) is 3. The molecule has 5 nitrogen and oxygen atoms in total. The van der Waals surface area contributed by atoms with Crippen LogP contribution in [0.1, 0.15) is 30.7 Å². The fraction of sp³-hybridized carbons (Fsp3) is 0.278. The van der Waals surface area contributed by atoms with Crippen LogP contribution in [0.5, 0.6) is 0 Å². The first-order valence-electron chi connectivity index (χ1n) is 7.63. The number of nitriles is 1. The van der Waals surface area contributed by atoms with Gasteiger partial charge < -0.3 is 5.32 Å². The minimum atomic E-state index is -0.271. The van der Waals surface area contributed by atoms with Gasteiger partial charge >= 0.3 is 0 Å². The summed E-state index contributed by atoms with van der Waals surface area (Å²) < 4.78 is 1.75. The number of aromatic nitrogens is 2. The molecule has 1 amide bonds. The number of carbonyl (C=O) groups is 1. The second-order valence-electron chi connectivity index (χ2n) is 5.88. The number of nitrogens with zero attached hydrogens (tertiary/aromatic N) is 3. The molecule has 6 heteroatoms. The molecule has 1 aromatic carbocycles. The molecule has 0 aliphatic rings. The standard InChI is InChI=1S/C18H19ClN4O/c1-12(2)11-23-18(19)16(13(3)22-23)8-9-17(24)21-15-6-4-14(10-20)5-7-15/h4-9,12H,11H2,1-3H3,(H,21,24)/b9-8+. The van der Waals surface area contributed by atoms with Crippen molar-refractivity contribution in [3.05, 3.63) is 52.3 Å². The van der Waals surface area contributed by atoms with Crippen molar-refractivity contribution in [3.63, 3.8) is 0 Å². The summed E-state index contributed by atoms with van der Waals surface area (Å²) in [5, 5.41) is 16.4. The fourth-order valence-electron chi connectivity index (χ4n) is 2.19. The lowest BCUT2D eigenvalue weighted by molar-refractivity contribution is -0.111. The van der Waals surface area contributed by atoms with Gasteiger partial charge in [-0.2, -0.15) is 10.4 Å². The Morgan fingerprint density at radius 3 is 2.67 bits per heavy atom. The summed E-state index contributed by atoms with van der Waals surface area (Å²) in [6, 6.07) is 8.70. The van der Waals surface area contributed by atoms with Gasteiger partial charge in [-0.1, -0.05) is 25.4 Å². The highest BCUT2D eigenvalue weighted by Crippen LogP contribution is 2.22. The zero-order chi connectivity index (χ0) is 17.7. The van der Waals surface area contributed by atoms with Gasteiger partial charge in [-0.15, -0.1) is 0 Å². The maximum Gasteiger partial charge on any atom is 0.248 e. The van der Waals surface area contributed by atoms with Gasteiger partial charge in [-0.3, -0.25) is 9.48 Å². The molecule has 0 radical (unpaired) electrons. The first-order chi connectivity index (χ1) is 11.4. The molecule has 0 fully saturated rings. The number of anilines is 1. The van der Waals surface area contributed by atoms with Gasteiger partial charge in [-0.25, -0.2) is 0 Å². The molecule has 1 heterocycles. The fourth-order valence-corrected chi connectivity index (χ4v) is 2.50. The van der Waals surface area contributed by atoms with Gasteiger partial charge in [0.2, 0.25) is 5.91 Å². The lowest BCUT2D eigenvalue weighted by Gasteiger charge is -2.05. The van der Waals surface area contributed by atoms with E-state index in [1.54, 1.807) is 35.0 Å². The van der Waals surface area contributed by atoms with Gasteiger partial charge in [0.15, 0.2) is 0 Å². The lowest BCUT2D eigenvalue weighted by atomic mass is 10.2. The topological polar surface area (TPSA) is 70.7 Å². The molecular formula is C18H19ClN4O. The summed E-state index contributed by atoms with van der Waals surface area (Å²) in [7, 11) is 0. The van der Waals surface area contributed by atoms with Crippen molar-refractivity contribution >= 4 is 29.3 Å². The highest BCUT2D eigenvalue weighted by Gasteiger charge is 2.12. The van der Waals surface area contributed by atoms with Crippen LogP contribution in [0.3, 0.4) is 0 Å². The van der Waals surface area contributed by atoms with Crippen LogP contribution in [0, 0.1) is 24.2 Å².